The summed E-state index contributed by atoms with van der Waals surface area (Å²) in [7, 11) is 1.50. The van der Waals surface area contributed by atoms with Crippen LogP contribution in [0.4, 0.5) is 0 Å². The molecular formula is C11H25N. The zero-order valence-electron chi connectivity index (χ0n) is 9.73. The monoisotopic (exact) mass is 171 g/mol. The Kier molecular flexibility index (Phi) is 24.5. The van der Waals surface area contributed by atoms with Crippen molar-refractivity contribution in [2.24, 2.45) is 5.73 Å². The van der Waals surface area contributed by atoms with Crippen LogP contribution in [0.3, 0.4) is 0 Å². The highest BCUT2D eigenvalue weighted by atomic mass is 14.4. The number of hydrogen-bond acceptors (Lipinski definition) is 1. The molecule has 0 aromatic rings. The summed E-state index contributed by atoms with van der Waals surface area (Å²) in [5.74, 6) is 0. The molecule has 0 unspecified atom stereocenters. The number of rotatable bonds is 1. The molecule has 0 aliphatic rings. The summed E-state index contributed by atoms with van der Waals surface area (Å²) in [4.78, 5) is 0. The first-order valence-corrected chi connectivity index (χ1v) is 4.56. The van der Waals surface area contributed by atoms with E-state index in [1.807, 2.05) is 13.8 Å². The lowest BCUT2D eigenvalue weighted by Crippen LogP contribution is -1.74. The van der Waals surface area contributed by atoms with Crippen molar-refractivity contribution < 1.29 is 0 Å². The van der Waals surface area contributed by atoms with Gasteiger partial charge in [-0.25, -0.2) is 0 Å². The van der Waals surface area contributed by atoms with E-state index in [9.17, 15) is 0 Å². The maximum Gasteiger partial charge on any atom is -0.0195 e. The van der Waals surface area contributed by atoms with E-state index in [0.29, 0.717) is 0 Å². The van der Waals surface area contributed by atoms with Gasteiger partial charge in [-0.3, -0.25) is 0 Å². The Morgan fingerprint density at radius 1 is 0.833 bits per heavy atom. The Morgan fingerprint density at radius 3 is 1.08 bits per heavy atom. The molecule has 0 aromatic carbocycles. The van der Waals surface area contributed by atoms with Crippen molar-refractivity contribution in [3.8, 4) is 0 Å². The number of hydrogen-bond donors (Lipinski definition) is 1. The summed E-state index contributed by atoms with van der Waals surface area (Å²) in [6, 6.07) is 0. The highest BCUT2D eigenvalue weighted by Crippen LogP contribution is 2.05. The van der Waals surface area contributed by atoms with Crippen molar-refractivity contribution in [3.63, 3.8) is 0 Å². The maximum absolute atomic E-state index is 4.50. The summed E-state index contributed by atoms with van der Waals surface area (Å²) in [6.07, 6.45) is 4.24. The highest BCUT2D eigenvalue weighted by Gasteiger charge is 1.84. The summed E-state index contributed by atoms with van der Waals surface area (Å²) in [5, 5.41) is 0. The second kappa shape index (κ2) is 16.8. The van der Waals surface area contributed by atoms with Crippen LogP contribution < -0.4 is 5.73 Å². The second-order valence-corrected chi connectivity index (χ2v) is 1.94. The van der Waals surface area contributed by atoms with Crippen LogP contribution in [0.25, 0.3) is 0 Å². The first-order chi connectivity index (χ1) is 5.72. The topological polar surface area (TPSA) is 26.0 Å². The molecule has 0 aromatic heterocycles. The largest absolute Gasteiger partial charge is 0.333 e. The molecule has 0 saturated heterocycles. The zero-order chi connectivity index (χ0) is 10.6. The molecule has 0 fully saturated rings. The second-order valence-electron chi connectivity index (χ2n) is 1.94. The highest BCUT2D eigenvalue weighted by molar-refractivity contribution is 5.25. The molecule has 0 spiro atoms. The maximum atomic E-state index is 4.50. The van der Waals surface area contributed by atoms with Crippen molar-refractivity contribution in [2.45, 2.75) is 41.5 Å². The molecule has 0 atom stereocenters. The first kappa shape index (κ1) is 17.5. The van der Waals surface area contributed by atoms with Gasteiger partial charge in [-0.15, -0.1) is 0 Å². The minimum absolute atomic E-state index is 1.37. The fourth-order valence-electron chi connectivity index (χ4n) is 0.455. The summed E-state index contributed by atoms with van der Waals surface area (Å²) in [6.45, 7) is 12.4. The van der Waals surface area contributed by atoms with Crippen molar-refractivity contribution >= 4 is 0 Å². The minimum Gasteiger partial charge on any atom is -0.333 e. The minimum atomic E-state index is 1.37. The third-order valence-electron chi connectivity index (χ3n) is 1.49. The average Bonchev–Trinajstić information content (AvgIpc) is 2.21. The zero-order valence-corrected chi connectivity index (χ0v) is 9.73. The van der Waals surface area contributed by atoms with Crippen LogP contribution in [0.15, 0.2) is 23.3 Å². The van der Waals surface area contributed by atoms with Crippen LogP contribution >= 0.6 is 0 Å². The molecule has 0 aliphatic carbocycles. The van der Waals surface area contributed by atoms with Gasteiger partial charge in [-0.2, -0.15) is 0 Å². The lowest BCUT2D eigenvalue weighted by Gasteiger charge is -1.95. The Morgan fingerprint density at radius 2 is 1.00 bits per heavy atom. The molecule has 0 heterocycles. The van der Waals surface area contributed by atoms with Gasteiger partial charge in [-0.1, -0.05) is 37.1 Å². The predicted molar refractivity (Wildman–Crippen MR) is 60.3 cm³/mol. The van der Waals surface area contributed by atoms with Crippen LogP contribution in [0.2, 0.25) is 0 Å². The lowest BCUT2D eigenvalue weighted by molar-refractivity contribution is 1.31. The van der Waals surface area contributed by atoms with E-state index in [-0.39, 0.29) is 0 Å². The van der Waals surface area contributed by atoms with Crippen LogP contribution in [0.1, 0.15) is 41.5 Å². The fraction of sp³-hybridized carbons (Fsp3) is 0.636. The fourth-order valence-corrected chi connectivity index (χ4v) is 0.455. The van der Waals surface area contributed by atoms with Gasteiger partial charge in [0, 0.05) is 0 Å². The predicted octanol–water partition coefficient (Wildman–Crippen LogP) is 3.52. The van der Waals surface area contributed by atoms with E-state index >= 15 is 0 Å². The molecule has 12 heavy (non-hydrogen) atoms. The SMILES string of the molecule is C/C=C(C)\C(C)=C/C.CC.CN. The molecule has 0 saturated carbocycles. The van der Waals surface area contributed by atoms with Crippen LogP contribution in [-0.4, -0.2) is 7.05 Å². The average molecular weight is 171 g/mol. The standard InChI is InChI=1S/C8H14.C2H6.CH5N/c1-5-7(3)8(4)6-2;2*1-2/h5-6H,1-4H3;1-2H3;2H2,1H3/b7-5-,8-6-;;. The van der Waals surface area contributed by atoms with E-state index in [2.05, 4.69) is 45.6 Å². The molecular weight excluding hydrogens is 146 g/mol. The van der Waals surface area contributed by atoms with Crippen molar-refractivity contribution in [1.82, 2.24) is 0 Å². The van der Waals surface area contributed by atoms with Crippen molar-refractivity contribution in [1.29, 1.82) is 0 Å². The van der Waals surface area contributed by atoms with E-state index in [4.69, 9.17) is 0 Å². The molecule has 2 N–H and O–H groups in total. The Balaban J connectivity index is -0.000000175. The first-order valence-electron chi connectivity index (χ1n) is 4.56. The molecule has 0 amide bonds. The van der Waals surface area contributed by atoms with Crippen molar-refractivity contribution in [3.05, 3.63) is 23.3 Å². The van der Waals surface area contributed by atoms with Crippen LogP contribution in [0, 0.1) is 0 Å². The smallest absolute Gasteiger partial charge is 0.0195 e. The van der Waals surface area contributed by atoms with E-state index in [0.717, 1.165) is 0 Å². The van der Waals surface area contributed by atoms with Gasteiger partial charge in [0.1, 0.15) is 0 Å². The summed E-state index contributed by atoms with van der Waals surface area (Å²) >= 11 is 0. The Labute approximate surface area is 78.4 Å². The molecule has 1 heteroatoms. The number of nitrogens with two attached hydrogens (primary N) is 1. The van der Waals surface area contributed by atoms with Gasteiger partial charge < -0.3 is 5.73 Å². The van der Waals surface area contributed by atoms with Gasteiger partial charge >= 0.3 is 0 Å². The van der Waals surface area contributed by atoms with Crippen LogP contribution in [0.5, 0.6) is 0 Å². The Hall–Kier alpha value is -0.560. The lowest BCUT2D eigenvalue weighted by atomic mass is 10.1. The van der Waals surface area contributed by atoms with E-state index < -0.39 is 0 Å². The van der Waals surface area contributed by atoms with E-state index in [1.165, 1.54) is 18.2 Å². The normalized spacial score (nSPS) is 10.7. The Bertz CT molecular complexity index is 105. The third kappa shape index (κ3) is 12.1. The van der Waals surface area contributed by atoms with Crippen molar-refractivity contribution in [2.75, 3.05) is 7.05 Å². The summed E-state index contributed by atoms with van der Waals surface area (Å²) in [5.41, 5.74) is 7.24. The van der Waals surface area contributed by atoms with Gasteiger partial charge in [0.2, 0.25) is 0 Å². The van der Waals surface area contributed by atoms with Crippen LogP contribution in [-0.2, 0) is 0 Å². The molecule has 0 bridgehead atoms. The molecule has 0 aliphatic heterocycles. The quantitative estimate of drug-likeness (QED) is 0.600. The van der Waals surface area contributed by atoms with Gasteiger partial charge in [0.05, 0.1) is 0 Å². The van der Waals surface area contributed by atoms with Gasteiger partial charge in [0.25, 0.3) is 0 Å². The summed E-state index contributed by atoms with van der Waals surface area (Å²) < 4.78 is 0. The molecule has 74 valence electrons. The molecule has 1 nitrogen and oxygen atoms in total. The van der Waals surface area contributed by atoms with Gasteiger partial charge in [0.15, 0.2) is 0 Å². The van der Waals surface area contributed by atoms with E-state index in [1.54, 1.807) is 0 Å². The molecule has 0 radical (unpaired) electrons. The molecule has 0 rings (SSSR count). The third-order valence-corrected chi connectivity index (χ3v) is 1.49. The number of allylic oxidation sites excluding steroid dienone is 4. The van der Waals surface area contributed by atoms with Gasteiger partial charge in [-0.05, 0) is 34.7 Å².